The van der Waals surface area contributed by atoms with Gasteiger partial charge in [-0.25, -0.2) is 15.0 Å². The Hall–Kier alpha value is -2.81. The molecule has 2 aromatic rings. The summed E-state index contributed by atoms with van der Waals surface area (Å²) in [6.45, 7) is 3.08. The summed E-state index contributed by atoms with van der Waals surface area (Å²) in [7, 11) is 0. The molecule has 1 atom stereocenters. The number of aromatic amines is 1. The summed E-state index contributed by atoms with van der Waals surface area (Å²) in [5, 5.41) is 2.69. The molecule has 2 aromatic heterocycles. The third-order valence-corrected chi connectivity index (χ3v) is 3.59. The zero-order valence-electron chi connectivity index (χ0n) is 13.2. The third kappa shape index (κ3) is 3.74. The minimum absolute atomic E-state index is 0.111. The summed E-state index contributed by atoms with van der Waals surface area (Å²) in [6, 6.07) is 1.67. The minimum atomic E-state index is -0.350. The summed E-state index contributed by atoms with van der Waals surface area (Å²) in [4.78, 5) is 40.4. The maximum atomic E-state index is 12.4. The lowest BCUT2D eigenvalue weighted by Gasteiger charge is -2.31. The molecule has 1 saturated heterocycles. The molecule has 126 valence electrons. The lowest BCUT2D eigenvalue weighted by atomic mass is 10.2. The Bertz CT molecular complexity index is 717. The number of nitrogens with one attached hydrogen (secondary N) is 2. The number of morpholine rings is 1. The molecule has 0 radical (unpaired) electrons. The quantitative estimate of drug-likeness (QED) is 0.819. The molecular formula is C15H18N6O3. The molecule has 2 amide bonds. The topological polar surface area (TPSA) is 113 Å². The van der Waals surface area contributed by atoms with Crippen molar-refractivity contribution in [3.05, 3.63) is 42.0 Å². The van der Waals surface area contributed by atoms with Gasteiger partial charge in [-0.3, -0.25) is 9.59 Å². The summed E-state index contributed by atoms with van der Waals surface area (Å²) < 4.78 is 5.70. The van der Waals surface area contributed by atoms with Crippen LogP contribution >= 0.6 is 0 Å². The van der Waals surface area contributed by atoms with E-state index in [0.717, 1.165) is 5.69 Å². The average molecular weight is 330 g/mol. The van der Waals surface area contributed by atoms with Gasteiger partial charge in [0.15, 0.2) is 0 Å². The summed E-state index contributed by atoms with van der Waals surface area (Å²) in [5.74, 6) is 0.458. The van der Waals surface area contributed by atoms with Gasteiger partial charge in [0.25, 0.3) is 5.91 Å². The number of H-pyrrole nitrogens is 1. The zero-order chi connectivity index (χ0) is 16.9. The Morgan fingerprint density at radius 2 is 2.17 bits per heavy atom. The Morgan fingerprint density at radius 3 is 2.92 bits per heavy atom. The first-order valence-electron chi connectivity index (χ1n) is 7.59. The van der Waals surface area contributed by atoms with Crippen LogP contribution in [0.4, 0.5) is 0 Å². The van der Waals surface area contributed by atoms with Crippen LogP contribution in [0, 0.1) is 0 Å². The fourth-order valence-corrected chi connectivity index (χ4v) is 2.40. The van der Waals surface area contributed by atoms with Gasteiger partial charge in [-0.1, -0.05) is 0 Å². The van der Waals surface area contributed by atoms with Crippen LogP contribution in [0.5, 0.6) is 0 Å². The molecular weight excluding hydrogens is 312 g/mol. The molecule has 0 saturated carbocycles. The van der Waals surface area contributed by atoms with E-state index in [9.17, 15) is 9.59 Å². The number of carbonyl (C=O) groups excluding carboxylic acids is 2. The molecule has 0 aromatic carbocycles. The maximum absolute atomic E-state index is 12.4. The van der Waals surface area contributed by atoms with Crippen molar-refractivity contribution in [2.75, 3.05) is 19.7 Å². The minimum Gasteiger partial charge on any atom is -0.367 e. The van der Waals surface area contributed by atoms with Gasteiger partial charge in [-0.2, -0.15) is 0 Å². The van der Waals surface area contributed by atoms with Crippen molar-refractivity contribution in [2.45, 2.75) is 19.6 Å². The largest absolute Gasteiger partial charge is 0.367 e. The van der Waals surface area contributed by atoms with Crippen LogP contribution in [0.3, 0.4) is 0 Å². The number of ether oxygens (including phenoxy) is 1. The Balaban J connectivity index is 1.65. The first-order chi connectivity index (χ1) is 11.6. The number of rotatable bonds is 4. The van der Waals surface area contributed by atoms with Gasteiger partial charge >= 0.3 is 0 Å². The Kier molecular flexibility index (Phi) is 4.80. The number of nitrogens with zero attached hydrogens (tertiary/aromatic N) is 4. The maximum Gasteiger partial charge on any atom is 0.291 e. The monoisotopic (exact) mass is 330 g/mol. The van der Waals surface area contributed by atoms with Gasteiger partial charge in [-0.05, 0) is 6.07 Å². The van der Waals surface area contributed by atoms with Gasteiger partial charge in [-0.15, -0.1) is 0 Å². The second-order valence-corrected chi connectivity index (χ2v) is 5.39. The van der Waals surface area contributed by atoms with E-state index in [0.29, 0.717) is 32.1 Å². The molecule has 0 spiro atoms. The van der Waals surface area contributed by atoms with E-state index in [4.69, 9.17) is 4.74 Å². The second-order valence-electron chi connectivity index (χ2n) is 5.39. The van der Waals surface area contributed by atoms with Crippen LogP contribution in [0.2, 0.25) is 0 Å². The fourth-order valence-electron chi connectivity index (χ4n) is 2.40. The van der Waals surface area contributed by atoms with Gasteiger partial charge in [0.2, 0.25) is 11.7 Å². The Labute approximate surface area is 138 Å². The second kappa shape index (κ2) is 7.18. The van der Waals surface area contributed by atoms with Crippen molar-refractivity contribution in [3.63, 3.8) is 0 Å². The highest BCUT2D eigenvalue weighted by Crippen LogP contribution is 2.20. The van der Waals surface area contributed by atoms with E-state index >= 15 is 0 Å². The van der Waals surface area contributed by atoms with Crippen LogP contribution in [-0.4, -0.2) is 56.3 Å². The number of carbonyl (C=O) groups is 2. The van der Waals surface area contributed by atoms with Gasteiger partial charge in [0.05, 0.1) is 31.6 Å². The molecule has 9 nitrogen and oxygen atoms in total. The standard InChI is InChI=1S/C15H18N6O3/c1-10(22)18-7-11-8-19-13(20-11)12-9-21(5-6-24-12)15(23)14-16-3-2-4-17-14/h2-4,8,12H,5-7,9H2,1H3,(H,18,22)(H,19,20). The van der Waals surface area contributed by atoms with E-state index in [1.54, 1.807) is 29.6 Å². The molecule has 1 unspecified atom stereocenters. The lowest BCUT2D eigenvalue weighted by Crippen LogP contribution is -2.43. The SMILES string of the molecule is CC(=O)NCc1cnc(C2CN(C(=O)c3ncccn3)CCO2)[nH]1. The molecule has 1 aliphatic rings. The van der Waals surface area contributed by atoms with Crippen LogP contribution in [0.25, 0.3) is 0 Å². The van der Waals surface area contributed by atoms with Gasteiger partial charge in [0, 0.05) is 25.9 Å². The van der Waals surface area contributed by atoms with Crippen LogP contribution in [0.1, 0.15) is 35.2 Å². The Morgan fingerprint density at radius 1 is 1.38 bits per heavy atom. The number of amides is 2. The van der Waals surface area contributed by atoms with Crippen LogP contribution in [0.15, 0.2) is 24.7 Å². The smallest absolute Gasteiger partial charge is 0.291 e. The first kappa shape index (κ1) is 16.1. The van der Waals surface area contributed by atoms with Gasteiger partial charge < -0.3 is 19.9 Å². The summed E-state index contributed by atoms with van der Waals surface area (Å²) >= 11 is 0. The molecule has 2 N–H and O–H groups in total. The van der Waals surface area contributed by atoms with Crippen LogP contribution < -0.4 is 5.32 Å². The number of hydrogen-bond acceptors (Lipinski definition) is 6. The zero-order valence-corrected chi connectivity index (χ0v) is 13.2. The van der Waals surface area contributed by atoms with Crippen molar-refractivity contribution >= 4 is 11.8 Å². The molecule has 0 aliphatic carbocycles. The molecule has 1 aliphatic heterocycles. The molecule has 0 bridgehead atoms. The highest BCUT2D eigenvalue weighted by molar-refractivity contribution is 5.90. The van der Waals surface area contributed by atoms with E-state index in [1.807, 2.05) is 0 Å². The van der Waals surface area contributed by atoms with Crippen molar-refractivity contribution in [1.29, 1.82) is 0 Å². The number of aromatic nitrogens is 4. The van der Waals surface area contributed by atoms with Crippen LogP contribution in [-0.2, 0) is 16.1 Å². The highest BCUT2D eigenvalue weighted by Gasteiger charge is 2.28. The number of hydrogen-bond donors (Lipinski definition) is 2. The van der Waals surface area contributed by atoms with Crippen molar-refractivity contribution in [2.24, 2.45) is 0 Å². The van der Waals surface area contributed by atoms with Crippen molar-refractivity contribution in [1.82, 2.24) is 30.2 Å². The molecule has 1 fully saturated rings. The average Bonchev–Trinajstić information content (AvgIpc) is 3.09. The van der Waals surface area contributed by atoms with Crippen molar-refractivity contribution < 1.29 is 14.3 Å². The number of imidazole rings is 1. The summed E-state index contributed by atoms with van der Waals surface area (Å²) in [6.07, 6.45) is 4.38. The van der Waals surface area contributed by atoms with E-state index in [2.05, 4.69) is 25.3 Å². The molecule has 24 heavy (non-hydrogen) atoms. The molecule has 3 rings (SSSR count). The third-order valence-electron chi connectivity index (χ3n) is 3.59. The van der Waals surface area contributed by atoms with Gasteiger partial charge in [0.1, 0.15) is 11.9 Å². The van der Waals surface area contributed by atoms with E-state index < -0.39 is 0 Å². The first-order valence-corrected chi connectivity index (χ1v) is 7.59. The lowest BCUT2D eigenvalue weighted by molar-refractivity contribution is -0.119. The normalized spacial score (nSPS) is 17.5. The highest BCUT2D eigenvalue weighted by atomic mass is 16.5. The predicted molar refractivity (Wildman–Crippen MR) is 82.7 cm³/mol. The molecule has 3 heterocycles. The molecule has 9 heteroatoms. The fraction of sp³-hybridized carbons (Fsp3) is 0.400. The van der Waals surface area contributed by atoms with E-state index in [1.165, 1.54) is 6.92 Å². The summed E-state index contributed by atoms with van der Waals surface area (Å²) in [5.41, 5.74) is 0.777. The van der Waals surface area contributed by atoms with Crippen molar-refractivity contribution in [3.8, 4) is 0 Å². The predicted octanol–water partition coefficient (Wildman–Crippen LogP) is 0.0495. The van der Waals surface area contributed by atoms with E-state index in [-0.39, 0.29) is 23.7 Å².